The predicted octanol–water partition coefficient (Wildman–Crippen LogP) is 3.01. The molecular weight excluding hydrogens is 236 g/mol. The highest BCUT2D eigenvalue weighted by atomic mass is 16.1. The first-order valence-electron chi connectivity index (χ1n) is 6.28. The van der Waals surface area contributed by atoms with Crippen LogP contribution in [0.2, 0.25) is 0 Å². The first-order chi connectivity index (χ1) is 9.10. The number of aryl methyl sites for hydroxylation is 2. The van der Waals surface area contributed by atoms with Crippen LogP contribution in [-0.4, -0.2) is 5.91 Å². The van der Waals surface area contributed by atoms with E-state index in [0.29, 0.717) is 12.1 Å². The van der Waals surface area contributed by atoms with Gasteiger partial charge in [-0.15, -0.1) is 0 Å². The number of anilines is 1. The number of carbonyl (C=O) groups excluding carboxylic acids is 1. The maximum absolute atomic E-state index is 12.1. The molecule has 2 aromatic rings. The number of hydrogen-bond donors (Lipinski definition) is 2. The molecule has 1 amide bonds. The fraction of sp³-hybridized carbons (Fsp3) is 0.188. The van der Waals surface area contributed by atoms with Gasteiger partial charge in [-0.25, -0.2) is 0 Å². The van der Waals surface area contributed by atoms with Crippen molar-refractivity contribution in [2.75, 3.05) is 5.32 Å². The SMILES string of the molecule is Cc1ccc(C(=O)Nc2cccc(CN)c2)cc1C. The molecule has 0 radical (unpaired) electrons. The third-order valence-corrected chi connectivity index (χ3v) is 3.19. The molecule has 0 atom stereocenters. The predicted molar refractivity (Wildman–Crippen MR) is 78.2 cm³/mol. The lowest BCUT2D eigenvalue weighted by molar-refractivity contribution is 0.102. The van der Waals surface area contributed by atoms with E-state index in [1.54, 1.807) is 0 Å². The molecule has 19 heavy (non-hydrogen) atoms. The summed E-state index contributed by atoms with van der Waals surface area (Å²) in [6, 6.07) is 13.3. The fourth-order valence-corrected chi connectivity index (χ4v) is 1.86. The number of nitrogens with two attached hydrogens (primary N) is 1. The Balaban J connectivity index is 2.18. The van der Waals surface area contributed by atoms with Gasteiger partial charge in [0.15, 0.2) is 0 Å². The average molecular weight is 254 g/mol. The highest BCUT2D eigenvalue weighted by Gasteiger charge is 2.07. The normalized spacial score (nSPS) is 10.3. The van der Waals surface area contributed by atoms with Gasteiger partial charge in [-0.2, -0.15) is 0 Å². The molecule has 0 aliphatic carbocycles. The van der Waals surface area contributed by atoms with Crippen molar-refractivity contribution in [2.24, 2.45) is 5.73 Å². The van der Waals surface area contributed by atoms with Crippen LogP contribution in [0, 0.1) is 13.8 Å². The number of nitrogens with one attached hydrogen (secondary N) is 1. The summed E-state index contributed by atoms with van der Waals surface area (Å²) < 4.78 is 0. The van der Waals surface area contributed by atoms with E-state index in [-0.39, 0.29) is 5.91 Å². The van der Waals surface area contributed by atoms with Crippen molar-refractivity contribution in [3.8, 4) is 0 Å². The summed E-state index contributed by atoms with van der Waals surface area (Å²) in [5, 5.41) is 2.89. The topological polar surface area (TPSA) is 55.1 Å². The maximum atomic E-state index is 12.1. The number of benzene rings is 2. The van der Waals surface area contributed by atoms with E-state index in [0.717, 1.165) is 16.8 Å². The molecule has 0 aliphatic rings. The minimum Gasteiger partial charge on any atom is -0.326 e. The Bertz CT molecular complexity index is 605. The van der Waals surface area contributed by atoms with Gasteiger partial charge in [0, 0.05) is 17.8 Å². The summed E-state index contributed by atoms with van der Waals surface area (Å²) in [5.41, 5.74) is 10.3. The Hall–Kier alpha value is -2.13. The minimum atomic E-state index is -0.0997. The molecule has 2 aromatic carbocycles. The van der Waals surface area contributed by atoms with Crippen molar-refractivity contribution >= 4 is 11.6 Å². The van der Waals surface area contributed by atoms with Crippen molar-refractivity contribution in [3.05, 3.63) is 64.7 Å². The molecular formula is C16H18N2O. The second kappa shape index (κ2) is 5.67. The van der Waals surface area contributed by atoms with Gasteiger partial charge < -0.3 is 11.1 Å². The second-order valence-corrected chi connectivity index (χ2v) is 4.66. The minimum absolute atomic E-state index is 0.0997. The smallest absolute Gasteiger partial charge is 0.255 e. The van der Waals surface area contributed by atoms with Gasteiger partial charge in [0.2, 0.25) is 0 Å². The Labute approximate surface area is 113 Å². The van der Waals surface area contributed by atoms with Gasteiger partial charge in [-0.1, -0.05) is 18.2 Å². The third-order valence-electron chi connectivity index (χ3n) is 3.19. The van der Waals surface area contributed by atoms with Crippen molar-refractivity contribution in [3.63, 3.8) is 0 Å². The molecule has 0 unspecified atom stereocenters. The Kier molecular flexibility index (Phi) is 3.97. The highest BCUT2D eigenvalue weighted by Crippen LogP contribution is 2.14. The van der Waals surface area contributed by atoms with E-state index >= 15 is 0 Å². The number of rotatable bonds is 3. The third kappa shape index (κ3) is 3.20. The summed E-state index contributed by atoms with van der Waals surface area (Å²) in [4.78, 5) is 12.1. The van der Waals surface area contributed by atoms with Gasteiger partial charge in [0.25, 0.3) is 5.91 Å². The van der Waals surface area contributed by atoms with Gasteiger partial charge in [-0.3, -0.25) is 4.79 Å². The summed E-state index contributed by atoms with van der Waals surface area (Å²) in [7, 11) is 0. The zero-order valence-corrected chi connectivity index (χ0v) is 11.2. The first-order valence-corrected chi connectivity index (χ1v) is 6.28. The van der Waals surface area contributed by atoms with Gasteiger partial charge in [0.1, 0.15) is 0 Å². The summed E-state index contributed by atoms with van der Waals surface area (Å²) in [6.07, 6.45) is 0. The Morgan fingerprint density at radius 1 is 1.11 bits per heavy atom. The van der Waals surface area contributed by atoms with Crippen molar-refractivity contribution in [2.45, 2.75) is 20.4 Å². The molecule has 0 spiro atoms. The van der Waals surface area contributed by atoms with Gasteiger partial charge in [0.05, 0.1) is 0 Å². The van der Waals surface area contributed by atoms with Crippen molar-refractivity contribution < 1.29 is 4.79 Å². The largest absolute Gasteiger partial charge is 0.326 e. The molecule has 0 saturated carbocycles. The van der Waals surface area contributed by atoms with Crippen molar-refractivity contribution in [1.82, 2.24) is 0 Å². The average Bonchev–Trinajstić information content (AvgIpc) is 2.42. The molecule has 2 rings (SSSR count). The maximum Gasteiger partial charge on any atom is 0.255 e. The van der Waals surface area contributed by atoms with Crippen LogP contribution in [0.3, 0.4) is 0 Å². The van der Waals surface area contributed by atoms with Crippen LogP contribution in [0.15, 0.2) is 42.5 Å². The lowest BCUT2D eigenvalue weighted by atomic mass is 10.1. The molecule has 0 heterocycles. The van der Waals surface area contributed by atoms with Crippen LogP contribution >= 0.6 is 0 Å². The number of carbonyl (C=O) groups is 1. The Morgan fingerprint density at radius 2 is 1.89 bits per heavy atom. The van der Waals surface area contributed by atoms with E-state index < -0.39 is 0 Å². The fourth-order valence-electron chi connectivity index (χ4n) is 1.86. The van der Waals surface area contributed by atoms with E-state index in [2.05, 4.69) is 5.32 Å². The second-order valence-electron chi connectivity index (χ2n) is 4.66. The molecule has 98 valence electrons. The monoisotopic (exact) mass is 254 g/mol. The lowest BCUT2D eigenvalue weighted by Gasteiger charge is -2.08. The van der Waals surface area contributed by atoms with Gasteiger partial charge >= 0.3 is 0 Å². The van der Waals surface area contributed by atoms with E-state index in [4.69, 9.17) is 5.73 Å². The molecule has 0 bridgehead atoms. The summed E-state index contributed by atoms with van der Waals surface area (Å²) >= 11 is 0. The standard InChI is InChI=1S/C16H18N2O/c1-11-6-7-14(8-12(11)2)16(19)18-15-5-3-4-13(9-15)10-17/h3-9H,10,17H2,1-2H3,(H,18,19). The van der Waals surface area contributed by atoms with Crippen LogP contribution < -0.4 is 11.1 Å². The zero-order valence-electron chi connectivity index (χ0n) is 11.2. The van der Waals surface area contributed by atoms with E-state index in [9.17, 15) is 4.79 Å². The van der Waals surface area contributed by atoms with Crippen LogP contribution in [0.5, 0.6) is 0 Å². The highest BCUT2D eigenvalue weighted by molar-refractivity contribution is 6.04. The van der Waals surface area contributed by atoms with Crippen LogP contribution in [0.1, 0.15) is 27.0 Å². The Morgan fingerprint density at radius 3 is 2.58 bits per heavy atom. The first kappa shape index (κ1) is 13.3. The molecule has 3 heteroatoms. The van der Waals surface area contributed by atoms with Gasteiger partial charge in [-0.05, 0) is 54.8 Å². The van der Waals surface area contributed by atoms with Crippen LogP contribution in [0.4, 0.5) is 5.69 Å². The zero-order chi connectivity index (χ0) is 13.8. The van der Waals surface area contributed by atoms with E-state index in [1.165, 1.54) is 5.56 Å². The number of amides is 1. The molecule has 3 N–H and O–H groups in total. The van der Waals surface area contributed by atoms with Crippen molar-refractivity contribution in [1.29, 1.82) is 0 Å². The van der Waals surface area contributed by atoms with Crippen LogP contribution in [-0.2, 0) is 6.54 Å². The molecule has 0 fully saturated rings. The molecule has 0 aromatic heterocycles. The summed E-state index contributed by atoms with van der Waals surface area (Å²) in [6.45, 7) is 4.50. The van der Waals surface area contributed by atoms with Crippen LogP contribution in [0.25, 0.3) is 0 Å². The molecule has 3 nitrogen and oxygen atoms in total. The summed E-state index contributed by atoms with van der Waals surface area (Å²) in [5.74, 6) is -0.0997. The quantitative estimate of drug-likeness (QED) is 0.884. The van der Waals surface area contributed by atoms with E-state index in [1.807, 2.05) is 56.3 Å². The lowest BCUT2D eigenvalue weighted by Crippen LogP contribution is -2.12. The molecule has 0 aliphatic heterocycles. The number of hydrogen-bond acceptors (Lipinski definition) is 2. The molecule has 0 saturated heterocycles.